The molecule has 16 heavy (non-hydrogen) atoms. The molecule has 1 fully saturated rings. The molecule has 2 N–H and O–H groups in total. The van der Waals surface area contributed by atoms with Gasteiger partial charge in [0.15, 0.2) is 10.3 Å². The largest absolute Gasteiger partial charge is 0.371 e. The van der Waals surface area contributed by atoms with E-state index >= 15 is 0 Å². The number of nitrogens with one attached hydrogen (secondary N) is 2. The lowest BCUT2D eigenvalue weighted by Gasteiger charge is -2.23. The van der Waals surface area contributed by atoms with Crippen molar-refractivity contribution in [2.24, 2.45) is 0 Å². The fourth-order valence-corrected chi connectivity index (χ4v) is 1.85. The Morgan fingerprint density at radius 2 is 2.25 bits per heavy atom. The van der Waals surface area contributed by atoms with Crippen LogP contribution in [0.3, 0.4) is 0 Å². The summed E-state index contributed by atoms with van der Waals surface area (Å²) in [4.78, 5) is 11.5. The number of carbonyl (C=O) groups is 1. The highest BCUT2D eigenvalue weighted by molar-refractivity contribution is 6.33. The minimum absolute atomic E-state index is 0.0322. The van der Waals surface area contributed by atoms with Gasteiger partial charge in [0.05, 0.1) is 5.69 Å². The van der Waals surface area contributed by atoms with Crippen molar-refractivity contribution < 1.29 is 4.79 Å². The summed E-state index contributed by atoms with van der Waals surface area (Å²) >= 11 is 11.5. The summed E-state index contributed by atoms with van der Waals surface area (Å²) in [5.74, 6) is -0.0322. The molecule has 1 aromatic heterocycles. The third-order valence-corrected chi connectivity index (χ3v) is 2.80. The molecule has 1 unspecified atom stereocenters. The highest BCUT2D eigenvalue weighted by Crippen LogP contribution is 2.22. The molecule has 0 aliphatic carbocycles. The second kappa shape index (κ2) is 4.84. The molecule has 1 atom stereocenters. The summed E-state index contributed by atoms with van der Waals surface area (Å²) in [5.41, 5.74) is 0.531. The topological polar surface area (TPSA) is 66.9 Å². The number of halogens is 2. The first-order chi connectivity index (χ1) is 7.66. The third kappa shape index (κ3) is 2.54. The normalized spacial score (nSPS) is 20.4. The zero-order valence-electron chi connectivity index (χ0n) is 8.33. The molecule has 0 bridgehead atoms. The third-order valence-electron chi connectivity index (χ3n) is 2.33. The zero-order valence-corrected chi connectivity index (χ0v) is 9.85. The van der Waals surface area contributed by atoms with Crippen LogP contribution in [0.2, 0.25) is 10.3 Å². The van der Waals surface area contributed by atoms with Gasteiger partial charge in [-0.1, -0.05) is 23.2 Å². The summed E-state index contributed by atoms with van der Waals surface area (Å²) < 4.78 is 0. The van der Waals surface area contributed by atoms with Crippen LogP contribution in [0.4, 0.5) is 5.69 Å². The molecular formula is C9H10Cl2N4O. The van der Waals surface area contributed by atoms with Crippen LogP contribution in [0.5, 0.6) is 0 Å². The van der Waals surface area contributed by atoms with Crippen molar-refractivity contribution in [2.75, 3.05) is 11.9 Å². The second-order valence-corrected chi connectivity index (χ2v) is 4.25. The van der Waals surface area contributed by atoms with Crippen LogP contribution in [0.1, 0.15) is 12.8 Å². The molecule has 1 aromatic rings. The Kier molecular flexibility index (Phi) is 3.46. The quantitative estimate of drug-likeness (QED) is 0.846. The maximum atomic E-state index is 11.5. The lowest BCUT2D eigenvalue weighted by Crippen LogP contribution is -2.44. The van der Waals surface area contributed by atoms with E-state index in [2.05, 4.69) is 20.8 Å². The predicted molar refractivity (Wildman–Crippen MR) is 61.7 cm³/mol. The molecule has 1 saturated heterocycles. The molecule has 1 aliphatic heterocycles. The molecular weight excluding hydrogens is 251 g/mol. The Balaban J connectivity index is 2.13. The van der Waals surface area contributed by atoms with E-state index in [-0.39, 0.29) is 22.3 Å². The highest BCUT2D eigenvalue weighted by Gasteiger charge is 2.22. The SMILES string of the molecule is O=C1NCCCC1Nc1cc(Cl)nnc1Cl. The van der Waals surface area contributed by atoms with Gasteiger partial charge in [0.25, 0.3) is 0 Å². The summed E-state index contributed by atoms with van der Waals surface area (Å²) in [7, 11) is 0. The number of aromatic nitrogens is 2. The predicted octanol–water partition coefficient (Wildman–Crippen LogP) is 1.47. The Labute approximate surface area is 103 Å². The van der Waals surface area contributed by atoms with Crippen molar-refractivity contribution in [3.8, 4) is 0 Å². The summed E-state index contributed by atoms with van der Waals surface area (Å²) in [6.45, 7) is 0.722. The van der Waals surface area contributed by atoms with Gasteiger partial charge in [0.2, 0.25) is 5.91 Å². The second-order valence-electron chi connectivity index (χ2n) is 3.50. The fourth-order valence-electron chi connectivity index (χ4n) is 1.55. The number of hydrogen-bond donors (Lipinski definition) is 2. The molecule has 2 heterocycles. The van der Waals surface area contributed by atoms with E-state index in [9.17, 15) is 4.79 Å². The van der Waals surface area contributed by atoms with Crippen molar-refractivity contribution in [3.05, 3.63) is 16.4 Å². The molecule has 1 aliphatic rings. The first kappa shape index (κ1) is 11.4. The molecule has 1 amide bonds. The van der Waals surface area contributed by atoms with Crippen molar-refractivity contribution >= 4 is 34.8 Å². The zero-order chi connectivity index (χ0) is 11.5. The number of nitrogens with zero attached hydrogens (tertiary/aromatic N) is 2. The van der Waals surface area contributed by atoms with Crippen molar-refractivity contribution in [1.82, 2.24) is 15.5 Å². The monoisotopic (exact) mass is 260 g/mol. The van der Waals surface area contributed by atoms with Gasteiger partial charge in [-0.05, 0) is 12.8 Å². The van der Waals surface area contributed by atoms with Crippen LogP contribution in [0, 0.1) is 0 Å². The number of hydrogen-bond acceptors (Lipinski definition) is 4. The fraction of sp³-hybridized carbons (Fsp3) is 0.444. The van der Waals surface area contributed by atoms with Crippen LogP contribution in [0.25, 0.3) is 0 Å². The van der Waals surface area contributed by atoms with E-state index < -0.39 is 0 Å². The van der Waals surface area contributed by atoms with Gasteiger partial charge >= 0.3 is 0 Å². The first-order valence-corrected chi connectivity index (χ1v) is 5.65. The van der Waals surface area contributed by atoms with Gasteiger partial charge < -0.3 is 10.6 Å². The first-order valence-electron chi connectivity index (χ1n) is 4.90. The van der Waals surface area contributed by atoms with Gasteiger partial charge in [-0.25, -0.2) is 0 Å². The standard InChI is InChI=1S/C9H10Cl2N4O/c10-7-4-6(8(11)15-14-7)13-5-2-1-3-12-9(5)16/h4-5H,1-3H2,(H,12,16)(H,13,14). The molecule has 0 radical (unpaired) electrons. The minimum Gasteiger partial charge on any atom is -0.371 e. The maximum Gasteiger partial charge on any atom is 0.242 e. The molecule has 0 saturated carbocycles. The van der Waals surface area contributed by atoms with Gasteiger partial charge in [-0.2, -0.15) is 0 Å². The number of rotatable bonds is 2. The number of amides is 1. The Morgan fingerprint density at radius 1 is 1.44 bits per heavy atom. The average molecular weight is 261 g/mol. The van der Waals surface area contributed by atoms with Crippen LogP contribution in [0.15, 0.2) is 6.07 Å². The summed E-state index contributed by atoms with van der Waals surface area (Å²) in [6.07, 6.45) is 1.70. The van der Waals surface area contributed by atoms with Crippen LogP contribution in [-0.4, -0.2) is 28.7 Å². The van der Waals surface area contributed by atoms with Gasteiger partial charge in [0.1, 0.15) is 6.04 Å². The molecule has 0 aromatic carbocycles. The van der Waals surface area contributed by atoms with E-state index in [0.29, 0.717) is 5.69 Å². The number of piperidine rings is 1. The lowest BCUT2D eigenvalue weighted by molar-refractivity contribution is -0.123. The van der Waals surface area contributed by atoms with Crippen LogP contribution < -0.4 is 10.6 Å². The molecule has 7 heteroatoms. The minimum atomic E-state index is -0.286. The average Bonchev–Trinajstić information content (AvgIpc) is 2.27. The summed E-state index contributed by atoms with van der Waals surface area (Å²) in [5, 5.41) is 13.5. The van der Waals surface area contributed by atoms with E-state index in [0.717, 1.165) is 19.4 Å². The highest BCUT2D eigenvalue weighted by atomic mass is 35.5. The van der Waals surface area contributed by atoms with Crippen LogP contribution in [-0.2, 0) is 4.79 Å². The smallest absolute Gasteiger partial charge is 0.242 e. The van der Waals surface area contributed by atoms with E-state index in [4.69, 9.17) is 23.2 Å². The van der Waals surface area contributed by atoms with Gasteiger partial charge in [-0.3, -0.25) is 4.79 Å². The van der Waals surface area contributed by atoms with Crippen molar-refractivity contribution in [3.63, 3.8) is 0 Å². The van der Waals surface area contributed by atoms with Crippen LogP contribution >= 0.6 is 23.2 Å². The van der Waals surface area contributed by atoms with Gasteiger partial charge in [0, 0.05) is 12.6 Å². The lowest BCUT2D eigenvalue weighted by atomic mass is 10.1. The molecule has 86 valence electrons. The molecule has 2 rings (SSSR count). The molecule has 5 nitrogen and oxygen atoms in total. The Hall–Kier alpha value is -1.07. The summed E-state index contributed by atoms with van der Waals surface area (Å²) in [6, 6.07) is 1.27. The number of anilines is 1. The number of carbonyl (C=O) groups excluding carboxylic acids is 1. The maximum absolute atomic E-state index is 11.5. The van der Waals surface area contributed by atoms with Gasteiger partial charge in [-0.15, -0.1) is 10.2 Å². The van der Waals surface area contributed by atoms with Crippen molar-refractivity contribution in [1.29, 1.82) is 0 Å². The van der Waals surface area contributed by atoms with E-state index in [1.807, 2.05) is 0 Å². The Bertz CT molecular complexity index is 412. The van der Waals surface area contributed by atoms with E-state index in [1.54, 1.807) is 6.07 Å². The van der Waals surface area contributed by atoms with E-state index in [1.165, 1.54) is 0 Å². The molecule has 0 spiro atoms. The Morgan fingerprint density at radius 3 is 3.00 bits per heavy atom. The van der Waals surface area contributed by atoms with Crippen molar-refractivity contribution in [2.45, 2.75) is 18.9 Å².